The number of carbonyl (C=O) groups is 3. The first-order valence-corrected chi connectivity index (χ1v) is 5.89. The minimum atomic E-state index is -1.11. The second kappa shape index (κ2) is 5.50. The van der Waals surface area contributed by atoms with Crippen molar-refractivity contribution in [3.63, 3.8) is 0 Å². The molecule has 0 aliphatic carbocycles. The molecule has 1 unspecified atom stereocenters. The van der Waals surface area contributed by atoms with Gasteiger partial charge in [-0.15, -0.1) is 11.3 Å². The summed E-state index contributed by atoms with van der Waals surface area (Å²) in [5.41, 5.74) is 5.79. The maximum absolute atomic E-state index is 11.7. The first kappa shape index (κ1) is 14.0. The summed E-state index contributed by atoms with van der Waals surface area (Å²) >= 11 is 1.03. The summed E-state index contributed by atoms with van der Waals surface area (Å²) in [4.78, 5) is 33.3. The van der Waals surface area contributed by atoms with E-state index in [0.717, 1.165) is 11.3 Å². The van der Waals surface area contributed by atoms with Gasteiger partial charge in [-0.2, -0.15) is 0 Å². The number of amides is 3. The van der Waals surface area contributed by atoms with Crippen molar-refractivity contribution in [3.05, 3.63) is 15.8 Å². The summed E-state index contributed by atoms with van der Waals surface area (Å²) in [6.45, 7) is 3.13. The highest BCUT2D eigenvalue weighted by Gasteiger charge is 2.20. The highest BCUT2D eigenvalue weighted by Crippen LogP contribution is 2.27. The Morgan fingerprint density at radius 2 is 2.06 bits per heavy atom. The Bertz CT molecular complexity index is 497. The fourth-order valence-electron chi connectivity index (χ4n) is 1.27. The lowest BCUT2D eigenvalue weighted by molar-refractivity contribution is -0.117. The van der Waals surface area contributed by atoms with Gasteiger partial charge in [0.1, 0.15) is 10.9 Å². The van der Waals surface area contributed by atoms with Crippen molar-refractivity contribution in [2.75, 3.05) is 5.32 Å². The lowest BCUT2D eigenvalue weighted by Gasteiger charge is -2.13. The Balaban J connectivity index is 2.84. The molecule has 1 rings (SSSR count). The zero-order chi connectivity index (χ0) is 13.9. The molecule has 0 fully saturated rings. The fraction of sp³-hybridized carbons (Fsp3) is 0.300. The van der Waals surface area contributed by atoms with Crippen molar-refractivity contribution in [1.29, 1.82) is 0 Å². The minimum absolute atomic E-state index is 0.0483. The van der Waals surface area contributed by atoms with E-state index in [9.17, 15) is 14.4 Å². The number of carboxylic acids is 1. The van der Waals surface area contributed by atoms with Gasteiger partial charge < -0.3 is 21.5 Å². The Morgan fingerprint density at radius 3 is 2.56 bits per heavy atom. The predicted octanol–water partition coefficient (Wildman–Crippen LogP) is 0.750. The van der Waals surface area contributed by atoms with Crippen LogP contribution in [0, 0.1) is 6.92 Å². The molecule has 0 aromatic carbocycles. The van der Waals surface area contributed by atoms with E-state index in [2.05, 4.69) is 10.6 Å². The van der Waals surface area contributed by atoms with Crippen LogP contribution in [0.5, 0.6) is 0 Å². The first-order valence-electron chi connectivity index (χ1n) is 5.01. The van der Waals surface area contributed by atoms with Crippen LogP contribution < -0.4 is 16.4 Å². The summed E-state index contributed by atoms with van der Waals surface area (Å²) in [7, 11) is 0. The van der Waals surface area contributed by atoms with E-state index >= 15 is 0 Å². The van der Waals surface area contributed by atoms with Gasteiger partial charge in [-0.3, -0.25) is 4.79 Å². The van der Waals surface area contributed by atoms with E-state index in [1.54, 1.807) is 12.3 Å². The van der Waals surface area contributed by atoms with Crippen LogP contribution in [0.2, 0.25) is 0 Å². The topological polar surface area (TPSA) is 122 Å². The zero-order valence-corrected chi connectivity index (χ0v) is 10.6. The molecule has 0 bridgehead atoms. The predicted molar refractivity (Wildman–Crippen MR) is 66.8 cm³/mol. The molecule has 18 heavy (non-hydrogen) atoms. The molecule has 0 aliphatic rings. The quantitative estimate of drug-likeness (QED) is 0.645. The van der Waals surface area contributed by atoms with Gasteiger partial charge in [0.15, 0.2) is 0 Å². The molecule has 0 saturated heterocycles. The van der Waals surface area contributed by atoms with Crippen LogP contribution in [0.1, 0.15) is 22.2 Å². The number of nitrogens with one attached hydrogen (secondary N) is 2. The van der Waals surface area contributed by atoms with E-state index in [1.807, 2.05) is 0 Å². The van der Waals surface area contributed by atoms with Crippen LogP contribution in [0.15, 0.2) is 5.38 Å². The molecular formula is C10H13N3O4S. The highest BCUT2D eigenvalue weighted by atomic mass is 32.1. The Labute approximate surface area is 107 Å². The number of carbonyl (C=O) groups excluding carboxylic acids is 2. The molecule has 5 N–H and O–H groups in total. The lowest BCUT2D eigenvalue weighted by Crippen LogP contribution is -2.44. The van der Waals surface area contributed by atoms with Crippen molar-refractivity contribution in [2.45, 2.75) is 19.9 Å². The summed E-state index contributed by atoms with van der Waals surface area (Å²) in [5, 5.41) is 15.2. The zero-order valence-electron chi connectivity index (χ0n) is 9.81. The number of urea groups is 1. The normalized spacial score (nSPS) is 11.7. The Morgan fingerprint density at radius 1 is 1.44 bits per heavy atom. The van der Waals surface area contributed by atoms with Crippen molar-refractivity contribution in [1.82, 2.24) is 5.32 Å². The van der Waals surface area contributed by atoms with Crippen molar-refractivity contribution in [3.8, 4) is 0 Å². The summed E-state index contributed by atoms with van der Waals surface area (Å²) in [6, 6.07) is -1.67. The lowest BCUT2D eigenvalue weighted by atomic mass is 10.2. The number of hydrogen-bond acceptors (Lipinski definition) is 4. The molecule has 3 amide bonds. The summed E-state index contributed by atoms with van der Waals surface area (Å²) < 4.78 is 0. The van der Waals surface area contributed by atoms with Crippen LogP contribution in [-0.4, -0.2) is 29.1 Å². The molecule has 0 spiro atoms. The average molecular weight is 271 g/mol. The monoisotopic (exact) mass is 271 g/mol. The Hall–Kier alpha value is -2.09. The van der Waals surface area contributed by atoms with E-state index in [-0.39, 0.29) is 10.6 Å². The molecule has 0 saturated carbocycles. The second-order valence-electron chi connectivity index (χ2n) is 3.65. The number of primary amides is 1. The standard InChI is InChI=1S/C10H13N3O4S/c1-4-3-18-7(9(15)16)6(4)13-8(14)5(2)12-10(11)17/h3,5H,1-2H3,(H,13,14)(H,15,16)(H3,11,12,17). The van der Waals surface area contributed by atoms with Crippen LogP contribution >= 0.6 is 11.3 Å². The largest absolute Gasteiger partial charge is 0.477 e. The van der Waals surface area contributed by atoms with Crippen LogP contribution in [0.25, 0.3) is 0 Å². The SMILES string of the molecule is Cc1csc(C(=O)O)c1NC(=O)C(C)NC(N)=O. The molecule has 8 heteroatoms. The van der Waals surface area contributed by atoms with Gasteiger partial charge in [-0.25, -0.2) is 9.59 Å². The molecule has 1 heterocycles. The number of aromatic carboxylic acids is 1. The molecule has 1 aromatic heterocycles. The van der Waals surface area contributed by atoms with Gasteiger partial charge in [-0.05, 0) is 24.8 Å². The third kappa shape index (κ3) is 3.20. The van der Waals surface area contributed by atoms with E-state index in [1.165, 1.54) is 6.92 Å². The maximum atomic E-state index is 11.7. The number of carboxylic acid groups (broad SMARTS) is 1. The molecule has 1 atom stereocenters. The summed E-state index contributed by atoms with van der Waals surface area (Å²) in [6.07, 6.45) is 0. The number of rotatable bonds is 4. The number of thiophene rings is 1. The van der Waals surface area contributed by atoms with Gasteiger partial charge in [0.05, 0.1) is 5.69 Å². The first-order chi connectivity index (χ1) is 8.32. The van der Waals surface area contributed by atoms with Gasteiger partial charge >= 0.3 is 12.0 Å². The van der Waals surface area contributed by atoms with E-state index < -0.39 is 23.9 Å². The second-order valence-corrected chi connectivity index (χ2v) is 4.53. The van der Waals surface area contributed by atoms with Crippen molar-refractivity contribution >= 4 is 34.9 Å². The number of anilines is 1. The molecule has 0 radical (unpaired) electrons. The number of aryl methyl sites for hydroxylation is 1. The summed E-state index contributed by atoms with van der Waals surface area (Å²) in [5.74, 6) is -1.64. The van der Waals surface area contributed by atoms with Crippen molar-refractivity contribution in [2.24, 2.45) is 5.73 Å². The van der Waals surface area contributed by atoms with E-state index in [0.29, 0.717) is 5.56 Å². The van der Waals surface area contributed by atoms with Crippen LogP contribution in [0.3, 0.4) is 0 Å². The number of hydrogen-bond donors (Lipinski definition) is 4. The van der Waals surface area contributed by atoms with Crippen LogP contribution in [0.4, 0.5) is 10.5 Å². The van der Waals surface area contributed by atoms with Gasteiger partial charge in [0.2, 0.25) is 5.91 Å². The molecule has 0 aliphatic heterocycles. The fourth-order valence-corrected chi connectivity index (χ4v) is 2.11. The number of nitrogens with two attached hydrogens (primary N) is 1. The third-order valence-electron chi connectivity index (χ3n) is 2.17. The van der Waals surface area contributed by atoms with Crippen LogP contribution in [-0.2, 0) is 4.79 Å². The smallest absolute Gasteiger partial charge is 0.348 e. The Kier molecular flexibility index (Phi) is 4.27. The molecule has 7 nitrogen and oxygen atoms in total. The van der Waals surface area contributed by atoms with E-state index in [4.69, 9.17) is 10.8 Å². The van der Waals surface area contributed by atoms with Crippen molar-refractivity contribution < 1.29 is 19.5 Å². The average Bonchev–Trinajstić information content (AvgIpc) is 2.59. The molecule has 98 valence electrons. The van der Waals surface area contributed by atoms with Gasteiger partial charge in [0, 0.05) is 0 Å². The highest BCUT2D eigenvalue weighted by molar-refractivity contribution is 7.12. The minimum Gasteiger partial charge on any atom is -0.477 e. The molecule has 1 aromatic rings. The van der Waals surface area contributed by atoms with Gasteiger partial charge in [0.25, 0.3) is 0 Å². The third-order valence-corrected chi connectivity index (χ3v) is 3.26. The maximum Gasteiger partial charge on any atom is 0.348 e. The molecular weight excluding hydrogens is 258 g/mol. The van der Waals surface area contributed by atoms with Gasteiger partial charge in [-0.1, -0.05) is 0 Å².